The van der Waals surface area contributed by atoms with Gasteiger partial charge in [-0.3, -0.25) is 9.78 Å². The SMILES string of the molecule is Cc1cccnc1C(=O)Nc1cc(Cl)ccc1C#N. The van der Waals surface area contributed by atoms with Gasteiger partial charge in [-0.15, -0.1) is 0 Å². The fourth-order valence-corrected chi connectivity index (χ4v) is 1.79. The Bertz CT molecular complexity index is 677. The number of carbonyl (C=O) groups is 1. The van der Waals surface area contributed by atoms with Crippen LogP contribution in [0.3, 0.4) is 0 Å². The highest BCUT2D eigenvalue weighted by molar-refractivity contribution is 6.31. The second kappa shape index (κ2) is 5.51. The first-order valence-electron chi connectivity index (χ1n) is 5.54. The molecule has 5 heteroatoms. The Kier molecular flexibility index (Phi) is 3.79. The van der Waals surface area contributed by atoms with E-state index in [9.17, 15) is 4.79 Å². The highest BCUT2D eigenvalue weighted by Crippen LogP contribution is 2.21. The van der Waals surface area contributed by atoms with Gasteiger partial charge in [0.15, 0.2) is 0 Å². The Hall–Kier alpha value is -2.38. The number of aromatic nitrogens is 1. The smallest absolute Gasteiger partial charge is 0.274 e. The zero-order valence-corrected chi connectivity index (χ0v) is 10.9. The van der Waals surface area contributed by atoms with Crippen LogP contribution in [0.4, 0.5) is 5.69 Å². The van der Waals surface area contributed by atoms with Crippen molar-refractivity contribution in [3.05, 3.63) is 58.4 Å². The van der Waals surface area contributed by atoms with Gasteiger partial charge >= 0.3 is 0 Å². The lowest BCUT2D eigenvalue weighted by molar-refractivity contribution is 0.102. The summed E-state index contributed by atoms with van der Waals surface area (Å²) in [6, 6.07) is 10.2. The summed E-state index contributed by atoms with van der Waals surface area (Å²) in [6.45, 7) is 1.80. The molecule has 0 radical (unpaired) electrons. The van der Waals surface area contributed by atoms with Crippen molar-refractivity contribution >= 4 is 23.2 Å². The van der Waals surface area contributed by atoms with Crippen LogP contribution in [0, 0.1) is 18.3 Å². The predicted octanol–water partition coefficient (Wildman–Crippen LogP) is 3.17. The molecule has 19 heavy (non-hydrogen) atoms. The normalized spacial score (nSPS) is 9.74. The second-order valence-corrected chi connectivity index (χ2v) is 4.36. The molecule has 0 aliphatic rings. The quantitative estimate of drug-likeness (QED) is 0.912. The van der Waals surface area contributed by atoms with Crippen molar-refractivity contribution in [3.8, 4) is 6.07 Å². The first-order valence-corrected chi connectivity index (χ1v) is 5.92. The molecule has 1 heterocycles. The zero-order valence-electron chi connectivity index (χ0n) is 10.1. The summed E-state index contributed by atoms with van der Waals surface area (Å²) in [5, 5.41) is 12.1. The van der Waals surface area contributed by atoms with Crippen LogP contribution in [0.1, 0.15) is 21.6 Å². The summed E-state index contributed by atoms with van der Waals surface area (Å²) in [7, 11) is 0. The molecule has 0 unspecified atom stereocenters. The number of carbonyl (C=O) groups excluding carboxylic acids is 1. The fourth-order valence-electron chi connectivity index (χ4n) is 1.62. The summed E-state index contributed by atoms with van der Waals surface area (Å²) in [5.74, 6) is -0.364. The molecule has 1 aromatic carbocycles. The molecular formula is C14H10ClN3O. The maximum atomic E-state index is 12.1. The van der Waals surface area contributed by atoms with Gasteiger partial charge in [0.2, 0.25) is 0 Å². The molecule has 2 aromatic rings. The Morgan fingerprint density at radius 2 is 2.21 bits per heavy atom. The molecule has 1 aromatic heterocycles. The van der Waals surface area contributed by atoms with Crippen molar-refractivity contribution in [2.45, 2.75) is 6.92 Å². The number of benzene rings is 1. The minimum atomic E-state index is -0.364. The van der Waals surface area contributed by atoms with Crippen LogP contribution < -0.4 is 5.32 Å². The Morgan fingerprint density at radius 1 is 1.42 bits per heavy atom. The van der Waals surface area contributed by atoms with Gasteiger partial charge < -0.3 is 5.32 Å². The average Bonchev–Trinajstić information content (AvgIpc) is 2.39. The number of nitriles is 1. The molecule has 0 spiro atoms. The molecule has 0 aliphatic carbocycles. The van der Waals surface area contributed by atoms with Crippen LogP contribution in [0.5, 0.6) is 0 Å². The maximum Gasteiger partial charge on any atom is 0.274 e. The van der Waals surface area contributed by atoms with Crippen LogP contribution in [0.2, 0.25) is 5.02 Å². The van der Waals surface area contributed by atoms with Crippen molar-refractivity contribution in [2.75, 3.05) is 5.32 Å². The van der Waals surface area contributed by atoms with Gasteiger partial charge in [0.25, 0.3) is 5.91 Å². The third kappa shape index (κ3) is 2.90. The number of anilines is 1. The summed E-state index contributed by atoms with van der Waals surface area (Å²) in [6.07, 6.45) is 1.55. The average molecular weight is 272 g/mol. The van der Waals surface area contributed by atoms with E-state index in [1.165, 1.54) is 6.07 Å². The third-order valence-electron chi connectivity index (χ3n) is 2.57. The fraction of sp³-hybridized carbons (Fsp3) is 0.0714. The van der Waals surface area contributed by atoms with Crippen LogP contribution in [0.15, 0.2) is 36.5 Å². The number of hydrogen-bond acceptors (Lipinski definition) is 3. The van der Waals surface area contributed by atoms with Crippen LogP contribution in [0.25, 0.3) is 0 Å². The minimum Gasteiger partial charge on any atom is -0.319 e. The Balaban J connectivity index is 2.32. The molecule has 1 N–H and O–H groups in total. The lowest BCUT2D eigenvalue weighted by Crippen LogP contribution is -2.15. The number of amides is 1. The van der Waals surface area contributed by atoms with Crippen LogP contribution in [-0.2, 0) is 0 Å². The lowest BCUT2D eigenvalue weighted by Gasteiger charge is -2.08. The van der Waals surface area contributed by atoms with Gasteiger partial charge in [0.05, 0.1) is 11.3 Å². The maximum absolute atomic E-state index is 12.1. The van der Waals surface area contributed by atoms with E-state index in [4.69, 9.17) is 16.9 Å². The van der Waals surface area contributed by atoms with Crippen LogP contribution >= 0.6 is 11.6 Å². The molecule has 0 fully saturated rings. The number of nitrogens with zero attached hydrogens (tertiary/aromatic N) is 2. The van der Waals surface area contributed by atoms with Crippen molar-refractivity contribution in [1.29, 1.82) is 5.26 Å². The van der Waals surface area contributed by atoms with Crippen LogP contribution in [-0.4, -0.2) is 10.9 Å². The zero-order chi connectivity index (χ0) is 13.8. The van der Waals surface area contributed by atoms with E-state index in [1.54, 1.807) is 37.4 Å². The third-order valence-corrected chi connectivity index (χ3v) is 2.81. The van der Waals surface area contributed by atoms with Gasteiger partial charge in [-0.1, -0.05) is 17.7 Å². The Morgan fingerprint density at radius 3 is 2.89 bits per heavy atom. The lowest BCUT2D eigenvalue weighted by atomic mass is 10.1. The van der Waals surface area contributed by atoms with Gasteiger partial charge in [-0.2, -0.15) is 5.26 Å². The predicted molar refractivity (Wildman–Crippen MR) is 73.1 cm³/mol. The van der Waals surface area contributed by atoms with Gasteiger partial charge in [-0.05, 0) is 36.8 Å². The number of nitrogens with one attached hydrogen (secondary N) is 1. The van der Waals surface area contributed by atoms with Crippen molar-refractivity contribution in [1.82, 2.24) is 4.98 Å². The second-order valence-electron chi connectivity index (χ2n) is 3.92. The van der Waals surface area contributed by atoms with Gasteiger partial charge in [-0.25, -0.2) is 0 Å². The molecule has 0 saturated heterocycles. The Labute approximate surface area is 115 Å². The number of pyridine rings is 1. The molecular weight excluding hydrogens is 262 g/mol. The number of aryl methyl sites for hydroxylation is 1. The molecule has 0 bridgehead atoms. The standard InChI is InChI=1S/C14H10ClN3O/c1-9-3-2-6-17-13(9)14(19)18-12-7-11(15)5-4-10(12)8-16/h2-7H,1H3,(H,18,19). The molecule has 94 valence electrons. The van der Waals surface area contributed by atoms with Gasteiger partial charge in [0.1, 0.15) is 11.8 Å². The van der Waals surface area contributed by atoms with E-state index in [2.05, 4.69) is 10.3 Å². The summed E-state index contributed by atoms with van der Waals surface area (Å²) in [5.41, 5.74) is 1.82. The van der Waals surface area contributed by atoms with E-state index < -0.39 is 0 Å². The largest absolute Gasteiger partial charge is 0.319 e. The highest BCUT2D eigenvalue weighted by Gasteiger charge is 2.12. The summed E-state index contributed by atoms with van der Waals surface area (Å²) >= 11 is 5.86. The van der Waals surface area contributed by atoms with Crippen molar-refractivity contribution in [2.24, 2.45) is 0 Å². The summed E-state index contributed by atoms with van der Waals surface area (Å²) in [4.78, 5) is 16.1. The highest BCUT2D eigenvalue weighted by atomic mass is 35.5. The molecule has 0 atom stereocenters. The minimum absolute atomic E-state index is 0.325. The van der Waals surface area contributed by atoms with E-state index in [-0.39, 0.29) is 5.91 Å². The topological polar surface area (TPSA) is 65.8 Å². The molecule has 4 nitrogen and oxygen atoms in total. The number of halogens is 1. The number of hydrogen-bond donors (Lipinski definition) is 1. The summed E-state index contributed by atoms with van der Waals surface area (Å²) < 4.78 is 0. The van der Waals surface area contributed by atoms with Gasteiger partial charge in [0, 0.05) is 11.2 Å². The molecule has 0 saturated carbocycles. The van der Waals surface area contributed by atoms with E-state index in [0.29, 0.717) is 22.0 Å². The first-order chi connectivity index (χ1) is 9.11. The monoisotopic (exact) mass is 271 g/mol. The molecule has 0 aliphatic heterocycles. The van der Waals surface area contributed by atoms with Crippen molar-refractivity contribution < 1.29 is 4.79 Å². The van der Waals surface area contributed by atoms with E-state index in [0.717, 1.165) is 5.56 Å². The molecule has 2 rings (SSSR count). The molecule has 1 amide bonds. The first kappa shape index (κ1) is 13.1. The van der Waals surface area contributed by atoms with E-state index in [1.807, 2.05) is 6.07 Å². The number of rotatable bonds is 2. The van der Waals surface area contributed by atoms with Crippen molar-refractivity contribution in [3.63, 3.8) is 0 Å². The van der Waals surface area contributed by atoms with E-state index >= 15 is 0 Å².